The second-order valence-corrected chi connectivity index (χ2v) is 2.78. The Kier molecular flexibility index (Phi) is 1.99. The minimum Gasteiger partial charge on any atom is -0.368 e. The monoisotopic (exact) mass is 195 g/mol. The SMILES string of the molecule is Nc1nc(C(F)F)c2ccccc2n1. The van der Waals surface area contributed by atoms with Gasteiger partial charge in [0.15, 0.2) is 0 Å². The molecule has 72 valence electrons. The number of aromatic nitrogens is 2. The van der Waals surface area contributed by atoms with Crippen molar-refractivity contribution >= 4 is 16.9 Å². The van der Waals surface area contributed by atoms with E-state index in [1.165, 1.54) is 0 Å². The highest BCUT2D eigenvalue weighted by atomic mass is 19.3. The number of nitrogens with zero attached hydrogens (tertiary/aromatic N) is 2. The molecule has 0 atom stereocenters. The van der Waals surface area contributed by atoms with Crippen molar-refractivity contribution < 1.29 is 8.78 Å². The average Bonchev–Trinajstić information content (AvgIpc) is 2.16. The summed E-state index contributed by atoms with van der Waals surface area (Å²) in [6.45, 7) is 0. The standard InChI is InChI=1S/C9H7F2N3/c10-8(11)7-5-3-1-2-4-6(5)13-9(12)14-7/h1-4,8H,(H2,12,13,14). The molecule has 0 radical (unpaired) electrons. The van der Waals surface area contributed by atoms with Crippen molar-refractivity contribution in [3.63, 3.8) is 0 Å². The second-order valence-electron chi connectivity index (χ2n) is 2.78. The van der Waals surface area contributed by atoms with Crippen LogP contribution in [0.25, 0.3) is 10.9 Å². The molecule has 0 bridgehead atoms. The summed E-state index contributed by atoms with van der Waals surface area (Å²) in [6, 6.07) is 6.55. The maximum Gasteiger partial charge on any atom is 0.281 e. The summed E-state index contributed by atoms with van der Waals surface area (Å²) >= 11 is 0. The summed E-state index contributed by atoms with van der Waals surface area (Å²) in [5, 5.41) is 0.344. The van der Waals surface area contributed by atoms with Gasteiger partial charge in [-0.25, -0.2) is 18.7 Å². The van der Waals surface area contributed by atoms with Gasteiger partial charge in [-0.15, -0.1) is 0 Å². The molecule has 0 saturated carbocycles. The Morgan fingerprint density at radius 1 is 1.14 bits per heavy atom. The fourth-order valence-corrected chi connectivity index (χ4v) is 1.29. The van der Waals surface area contributed by atoms with Crippen molar-refractivity contribution in [2.45, 2.75) is 6.43 Å². The largest absolute Gasteiger partial charge is 0.368 e. The van der Waals surface area contributed by atoms with E-state index < -0.39 is 6.43 Å². The third-order valence-corrected chi connectivity index (χ3v) is 1.86. The van der Waals surface area contributed by atoms with Crippen LogP contribution in [0, 0.1) is 0 Å². The van der Waals surface area contributed by atoms with Crippen LogP contribution < -0.4 is 5.73 Å². The summed E-state index contributed by atoms with van der Waals surface area (Å²) < 4.78 is 25.1. The number of nitrogens with two attached hydrogens (primary N) is 1. The van der Waals surface area contributed by atoms with E-state index in [1.807, 2.05) is 0 Å². The van der Waals surface area contributed by atoms with E-state index >= 15 is 0 Å². The van der Waals surface area contributed by atoms with Gasteiger partial charge in [0, 0.05) is 5.39 Å². The zero-order chi connectivity index (χ0) is 10.1. The van der Waals surface area contributed by atoms with Crippen LogP contribution in [0.15, 0.2) is 24.3 Å². The molecule has 3 nitrogen and oxygen atoms in total. The molecule has 0 aliphatic rings. The molecule has 0 spiro atoms. The molecule has 14 heavy (non-hydrogen) atoms. The van der Waals surface area contributed by atoms with E-state index in [2.05, 4.69) is 9.97 Å². The first-order valence-electron chi connectivity index (χ1n) is 3.99. The van der Waals surface area contributed by atoms with Gasteiger partial charge in [-0.3, -0.25) is 0 Å². The van der Waals surface area contributed by atoms with Gasteiger partial charge in [-0.2, -0.15) is 0 Å². The lowest BCUT2D eigenvalue weighted by Crippen LogP contribution is -2.00. The van der Waals surface area contributed by atoms with Crippen molar-refractivity contribution in [2.24, 2.45) is 0 Å². The smallest absolute Gasteiger partial charge is 0.281 e. The van der Waals surface area contributed by atoms with Gasteiger partial charge in [0.2, 0.25) is 5.95 Å². The van der Waals surface area contributed by atoms with Crippen LogP contribution in [-0.4, -0.2) is 9.97 Å². The molecule has 1 aromatic carbocycles. The Bertz CT molecular complexity index is 471. The highest BCUT2D eigenvalue weighted by Crippen LogP contribution is 2.25. The summed E-state index contributed by atoms with van der Waals surface area (Å²) in [7, 11) is 0. The van der Waals surface area contributed by atoms with Crippen LogP contribution in [-0.2, 0) is 0 Å². The zero-order valence-corrected chi connectivity index (χ0v) is 7.11. The van der Waals surface area contributed by atoms with Crippen LogP contribution in [0.3, 0.4) is 0 Å². The lowest BCUT2D eigenvalue weighted by Gasteiger charge is -2.04. The summed E-state index contributed by atoms with van der Waals surface area (Å²) in [5.41, 5.74) is 5.44. The highest BCUT2D eigenvalue weighted by Gasteiger charge is 2.14. The molecule has 2 N–H and O–H groups in total. The molecule has 0 aliphatic heterocycles. The van der Waals surface area contributed by atoms with Crippen LogP contribution in [0.4, 0.5) is 14.7 Å². The predicted octanol–water partition coefficient (Wildman–Crippen LogP) is 2.15. The molecule has 2 rings (SSSR count). The van der Waals surface area contributed by atoms with Gasteiger partial charge in [-0.05, 0) is 6.07 Å². The average molecular weight is 195 g/mol. The number of fused-ring (bicyclic) bond motifs is 1. The number of alkyl halides is 2. The van der Waals surface area contributed by atoms with Crippen molar-refractivity contribution in [1.82, 2.24) is 9.97 Å². The minimum absolute atomic E-state index is 0.126. The number of rotatable bonds is 1. The molecule has 0 aliphatic carbocycles. The van der Waals surface area contributed by atoms with Gasteiger partial charge in [0.1, 0.15) is 5.69 Å². The molecular formula is C9H7F2N3. The molecule has 0 fully saturated rings. The van der Waals surface area contributed by atoms with E-state index in [0.717, 1.165) is 0 Å². The van der Waals surface area contributed by atoms with Crippen molar-refractivity contribution in [1.29, 1.82) is 0 Å². The number of hydrogen-bond acceptors (Lipinski definition) is 3. The topological polar surface area (TPSA) is 51.8 Å². The van der Waals surface area contributed by atoms with Crippen molar-refractivity contribution in [3.05, 3.63) is 30.0 Å². The predicted molar refractivity (Wildman–Crippen MR) is 48.9 cm³/mol. The fourth-order valence-electron chi connectivity index (χ4n) is 1.29. The normalized spacial score (nSPS) is 11.1. The van der Waals surface area contributed by atoms with E-state index in [-0.39, 0.29) is 11.6 Å². The van der Waals surface area contributed by atoms with Crippen molar-refractivity contribution in [3.8, 4) is 0 Å². The highest BCUT2D eigenvalue weighted by molar-refractivity contribution is 5.81. The molecule has 0 saturated heterocycles. The molecular weight excluding hydrogens is 188 g/mol. The molecule has 0 amide bonds. The maximum atomic E-state index is 12.5. The number of nitrogen functional groups attached to an aromatic ring is 1. The Labute approximate surface area is 78.6 Å². The van der Waals surface area contributed by atoms with E-state index in [0.29, 0.717) is 10.9 Å². The van der Waals surface area contributed by atoms with Gasteiger partial charge < -0.3 is 5.73 Å². The quantitative estimate of drug-likeness (QED) is 0.758. The number of para-hydroxylation sites is 1. The first kappa shape index (κ1) is 8.80. The summed E-state index contributed by atoms with van der Waals surface area (Å²) in [6.07, 6.45) is -2.63. The molecule has 1 heterocycles. The van der Waals surface area contributed by atoms with Crippen LogP contribution in [0.2, 0.25) is 0 Å². The summed E-state index contributed by atoms with van der Waals surface area (Å²) in [5.74, 6) is -0.126. The van der Waals surface area contributed by atoms with E-state index in [9.17, 15) is 8.78 Å². The summed E-state index contributed by atoms with van der Waals surface area (Å²) in [4.78, 5) is 7.37. The second kappa shape index (κ2) is 3.17. The molecule has 2 aromatic rings. The Hall–Kier alpha value is -1.78. The van der Waals surface area contributed by atoms with Crippen molar-refractivity contribution in [2.75, 3.05) is 5.73 Å². The lowest BCUT2D eigenvalue weighted by molar-refractivity contribution is 0.148. The minimum atomic E-state index is -2.63. The number of benzene rings is 1. The van der Waals surface area contributed by atoms with E-state index in [4.69, 9.17) is 5.73 Å². The first-order valence-corrected chi connectivity index (χ1v) is 3.99. The Balaban J connectivity index is 2.80. The van der Waals surface area contributed by atoms with Crippen LogP contribution in [0.5, 0.6) is 0 Å². The fraction of sp³-hybridized carbons (Fsp3) is 0.111. The molecule has 0 unspecified atom stereocenters. The third kappa shape index (κ3) is 1.37. The van der Waals surface area contributed by atoms with Crippen LogP contribution >= 0.6 is 0 Å². The Morgan fingerprint density at radius 3 is 2.57 bits per heavy atom. The molecule has 1 aromatic heterocycles. The maximum absolute atomic E-state index is 12.5. The number of hydrogen-bond donors (Lipinski definition) is 1. The van der Waals surface area contributed by atoms with Gasteiger partial charge in [0.05, 0.1) is 5.52 Å². The lowest BCUT2D eigenvalue weighted by atomic mass is 10.2. The van der Waals surface area contributed by atoms with Gasteiger partial charge >= 0.3 is 0 Å². The molecule has 5 heteroatoms. The van der Waals surface area contributed by atoms with Crippen LogP contribution in [0.1, 0.15) is 12.1 Å². The Morgan fingerprint density at radius 2 is 1.86 bits per heavy atom. The third-order valence-electron chi connectivity index (χ3n) is 1.86. The van der Waals surface area contributed by atoms with E-state index in [1.54, 1.807) is 24.3 Å². The number of halogens is 2. The number of anilines is 1. The van der Waals surface area contributed by atoms with Gasteiger partial charge in [0.25, 0.3) is 6.43 Å². The zero-order valence-electron chi connectivity index (χ0n) is 7.11. The first-order chi connectivity index (χ1) is 6.68. The van der Waals surface area contributed by atoms with Gasteiger partial charge in [-0.1, -0.05) is 18.2 Å².